The second-order valence-corrected chi connectivity index (χ2v) is 7.00. The van der Waals surface area contributed by atoms with E-state index >= 15 is 0 Å². The van der Waals surface area contributed by atoms with Crippen LogP contribution < -0.4 is 16.0 Å². The lowest BCUT2D eigenvalue weighted by Gasteiger charge is -2.15. The van der Waals surface area contributed by atoms with Gasteiger partial charge in [0.25, 0.3) is 0 Å². The normalized spacial score (nSPS) is 12.6. The molecule has 0 aliphatic rings. The molecule has 0 fully saturated rings. The molecule has 0 saturated heterocycles. The molecule has 1 unspecified atom stereocenters. The molecule has 1 rings (SSSR count). The van der Waals surface area contributed by atoms with E-state index in [1.165, 1.54) is 0 Å². The zero-order valence-corrected chi connectivity index (χ0v) is 17.4. The third-order valence-corrected chi connectivity index (χ3v) is 4.44. The number of rotatable bonds is 11. The Labute approximate surface area is 167 Å². The molecule has 0 aromatic heterocycles. The Morgan fingerprint density at radius 3 is 2.67 bits per heavy atom. The van der Waals surface area contributed by atoms with Gasteiger partial charge in [0.2, 0.25) is 5.91 Å². The number of aliphatic hydroxyl groups excluding tert-OH is 1. The van der Waals surface area contributed by atoms with Crippen LogP contribution in [0.3, 0.4) is 0 Å². The van der Waals surface area contributed by atoms with Gasteiger partial charge in [0.05, 0.1) is 10.7 Å². The molecule has 1 amide bonds. The molecular formula is C20H33ClN4O2. The molecule has 27 heavy (non-hydrogen) atoms. The van der Waals surface area contributed by atoms with E-state index in [0.717, 1.165) is 31.4 Å². The van der Waals surface area contributed by atoms with Gasteiger partial charge in [0.1, 0.15) is 0 Å². The molecule has 6 nitrogen and oxygen atoms in total. The molecule has 152 valence electrons. The lowest BCUT2D eigenvalue weighted by atomic mass is 10.0. The number of carbonyl (C=O) groups is 1. The van der Waals surface area contributed by atoms with Crippen LogP contribution in [0.2, 0.25) is 5.02 Å². The molecule has 0 aliphatic heterocycles. The summed E-state index contributed by atoms with van der Waals surface area (Å²) in [7, 11) is 0. The van der Waals surface area contributed by atoms with Crippen molar-refractivity contribution in [1.82, 2.24) is 10.6 Å². The van der Waals surface area contributed by atoms with Gasteiger partial charge < -0.3 is 21.1 Å². The maximum absolute atomic E-state index is 12.1. The first-order valence-electron chi connectivity index (χ1n) is 9.69. The maximum atomic E-state index is 12.1. The van der Waals surface area contributed by atoms with Gasteiger partial charge in [0.15, 0.2) is 5.96 Å². The number of anilines is 1. The van der Waals surface area contributed by atoms with Gasteiger partial charge >= 0.3 is 0 Å². The summed E-state index contributed by atoms with van der Waals surface area (Å²) in [4.78, 5) is 16.7. The highest BCUT2D eigenvalue weighted by molar-refractivity contribution is 6.33. The topological polar surface area (TPSA) is 85.8 Å². The molecular weight excluding hydrogens is 364 g/mol. The van der Waals surface area contributed by atoms with Crippen LogP contribution in [0.1, 0.15) is 45.1 Å². The van der Waals surface area contributed by atoms with E-state index in [1.807, 2.05) is 32.0 Å². The predicted molar refractivity (Wildman–Crippen MR) is 114 cm³/mol. The zero-order chi connectivity index (χ0) is 20.1. The van der Waals surface area contributed by atoms with Gasteiger partial charge in [-0.05, 0) is 50.3 Å². The Morgan fingerprint density at radius 1 is 1.26 bits per heavy atom. The SMILES string of the molecule is CCCC(CCO)CN=C(NCC)NCCC(=O)Nc1ccc(C)cc1Cl. The lowest BCUT2D eigenvalue weighted by Crippen LogP contribution is -2.39. The van der Waals surface area contributed by atoms with Gasteiger partial charge in [-0.15, -0.1) is 0 Å². The summed E-state index contributed by atoms with van der Waals surface area (Å²) in [5.74, 6) is 0.966. The van der Waals surface area contributed by atoms with Crippen LogP contribution in [-0.4, -0.2) is 43.2 Å². The molecule has 1 aromatic carbocycles. The van der Waals surface area contributed by atoms with Crippen molar-refractivity contribution in [2.24, 2.45) is 10.9 Å². The third kappa shape index (κ3) is 9.63. The number of aliphatic hydroxyl groups is 1. The van der Waals surface area contributed by atoms with E-state index in [2.05, 4.69) is 27.9 Å². The fourth-order valence-corrected chi connectivity index (χ4v) is 2.99. The molecule has 0 aliphatic carbocycles. The van der Waals surface area contributed by atoms with E-state index in [0.29, 0.717) is 42.1 Å². The van der Waals surface area contributed by atoms with Crippen LogP contribution in [0.5, 0.6) is 0 Å². The summed E-state index contributed by atoms with van der Waals surface area (Å²) < 4.78 is 0. The molecule has 0 heterocycles. The van der Waals surface area contributed by atoms with Crippen LogP contribution in [0.4, 0.5) is 5.69 Å². The number of aryl methyl sites for hydroxylation is 1. The Kier molecular flexibility index (Phi) is 11.5. The summed E-state index contributed by atoms with van der Waals surface area (Å²) in [5, 5.41) is 18.9. The Hall–Kier alpha value is -1.79. The van der Waals surface area contributed by atoms with Crippen molar-refractivity contribution in [2.75, 3.05) is 31.6 Å². The average molecular weight is 397 g/mol. The molecule has 1 atom stereocenters. The van der Waals surface area contributed by atoms with Gasteiger partial charge in [-0.1, -0.05) is 31.0 Å². The fourth-order valence-electron chi connectivity index (χ4n) is 2.71. The highest BCUT2D eigenvalue weighted by Gasteiger charge is 2.09. The number of carbonyl (C=O) groups excluding carboxylic acids is 1. The first-order chi connectivity index (χ1) is 13.0. The smallest absolute Gasteiger partial charge is 0.226 e. The number of nitrogens with zero attached hydrogens (tertiary/aromatic N) is 1. The van der Waals surface area contributed by atoms with Gasteiger partial charge in [-0.3, -0.25) is 9.79 Å². The van der Waals surface area contributed by atoms with Gasteiger partial charge in [-0.25, -0.2) is 0 Å². The molecule has 0 radical (unpaired) electrons. The van der Waals surface area contributed by atoms with Crippen LogP contribution in [0.15, 0.2) is 23.2 Å². The van der Waals surface area contributed by atoms with Crippen molar-refractivity contribution in [3.63, 3.8) is 0 Å². The first-order valence-corrected chi connectivity index (χ1v) is 10.1. The molecule has 0 spiro atoms. The molecule has 1 aromatic rings. The summed E-state index contributed by atoms with van der Waals surface area (Å²) in [6, 6.07) is 5.54. The number of hydrogen-bond donors (Lipinski definition) is 4. The van der Waals surface area contributed by atoms with E-state index in [9.17, 15) is 4.79 Å². The highest BCUT2D eigenvalue weighted by Crippen LogP contribution is 2.22. The minimum absolute atomic E-state index is 0.103. The largest absolute Gasteiger partial charge is 0.396 e. The standard InChI is InChI=1S/C20H33ClN4O2/c1-4-6-16(10-12-26)14-24-20(22-5-2)23-11-9-19(27)25-18-8-7-15(3)13-17(18)21/h7-8,13,16,26H,4-6,9-12,14H2,1-3H3,(H,25,27)(H2,22,23,24). The second kappa shape index (κ2) is 13.4. The third-order valence-electron chi connectivity index (χ3n) is 4.13. The van der Waals surface area contributed by atoms with Crippen molar-refractivity contribution >= 4 is 29.2 Å². The van der Waals surface area contributed by atoms with E-state index in [-0.39, 0.29) is 12.5 Å². The number of halogens is 1. The maximum Gasteiger partial charge on any atom is 0.226 e. The van der Waals surface area contributed by atoms with Gasteiger partial charge in [-0.2, -0.15) is 0 Å². The summed E-state index contributed by atoms with van der Waals surface area (Å²) >= 11 is 6.14. The summed E-state index contributed by atoms with van der Waals surface area (Å²) in [5.41, 5.74) is 1.67. The Morgan fingerprint density at radius 2 is 2.04 bits per heavy atom. The molecule has 7 heteroatoms. The number of benzene rings is 1. The Bertz CT molecular complexity index is 602. The van der Waals surface area contributed by atoms with E-state index in [1.54, 1.807) is 0 Å². The van der Waals surface area contributed by atoms with Crippen molar-refractivity contribution in [3.05, 3.63) is 28.8 Å². The van der Waals surface area contributed by atoms with Crippen molar-refractivity contribution in [1.29, 1.82) is 0 Å². The second-order valence-electron chi connectivity index (χ2n) is 6.59. The number of guanidine groups is 1. The van der Waals surface area contributed by atoms with Crippen molar-refractivity contribution in [2.45, 2.75) is 46.5 Å². The minimum Gasteiger partial charge on any atom is -0.396 e. The van der Waals surface area contributed by atoms with Crippen LogP contribution >= 0.6 is 11.6 Å². The lowest BCUT2D eigenvalue weighted by molar-refractivity contribution is -0.116. The number of hydrogen-bond acceptors (Lipinski definition) is 3. The van der Waals surface area contributed by atoms with Crippen LogP contribution in [-0.2, 0) is 4.79 Å². The average Bonchev–Trinajstić information content (AvgIpc) is 2.62. The van der Waals surface area contributed by atoms with Crippen LogP contribution in [0.25, 0.3) is 0 Å². The molecule has 0 saturated carbocycles. The van der Waals surface area contributed by atoms with Crippen molar-refractivity contribution < 1.29 is 9.90 Å². The summed E-state index contributed by atoms with van der Waals surface area (Å²) in [6.07, 6.45) is 3.19. The Balaban J connectivity index is 2.48. The van der Waals surface area contributed by atoms with E-state index in [4.69, 9.17) is 16.7 Å². The quantitative estimate of drug-likeness (QED) is 0.341. The zero-order valence-electron chi connectivity index (χ0n) is 16.6. The number of nitrogens with one attached hydrogen (secondary N) is 3. The number of amides is 1. The highest BCUT2D eigenvalue weighted by atomic mass is 35.5. The number of aliphatic imine (C=N–C) groups is 1. The van der Waals surface area contributed by atoms with Crippen LogP contribution in [0, 0.1) is 12.8 Å². The van der Waals surface area contributed by atoms with Gasteiger partial charge in [0, 0.05) is 32.7 Å². The van der Waals surface area contributed by atoms with Crippen molar-refractivity contribution in [3.8, 4) is 0 Å². The van der Waals surface area contributed by atoms with E-state index < -0.39 is 0 Å². The molecule has 0 bridgehead atoms. The fraction of sp³-hybridized carbons (Fsp3) is 0.600. The monoisotopic (exact) mass is 396 g/mol. The minimum atomic E-state index is -0.103. The predicted octanol–water partition coefficient (Wildman–Crippen LogP) is 3.33. The molecule has 4 N–H and O–H groups in total. The first kappa shape index (κ1) is 23.2. The summed E-state index contributed by atoms with van der Waals surface area (Å²) in [6.45, 7) is 8.15.